The summed E-state index contributed by atoms with van der Waals surface area (Å²) >= 11 is 0. The summed E-state index contributed by atoms with van der Waals surface area (Å²) in [5.74, 6) is -0.261. The number of fused-ring (bicyclic) bond motifs is 8. The molecule has 0 fully saturated rings. The first-order chi connectivity index (χ1) is 26.2. The van der Waals surface area contributed by atoms with Crippen LogP contribution in [0.25, 0.3) is 68.6 Å². The minimum atomic E-state index is -0.835. The van der Waals surface area contributed by atoms with Crippen molar-refractivity contribution in [2.45, 2.75) is 46.0 Å². The Hall–Kier alpha value is -6.42. The first-order valence-corrected chi connectivity index (χ1v) is 18.3. The second-order valence-electron chi connectivity index (χ2n) is 13.5. The Morgan fingerprint density at radius 2 is 1.13 bits per heavy atom. The number of hydrogen-bond donors (Lipinski definition) is 4. The Kier molecular flexibility index (Phi) is 10.4. The summed E-state index contributed by atoms with van der Waals surface area (Å²) in [4.78, 5) is 40.0. The smallest absolute Gasteiger partial charge is 0.309 e. The number of benzene rings is 2. The maximum Gasteiger partial charge on any atom is 0.309 e. The van der Waals surface area contributed by atoms with Crippen molar-refractivity contribution in [2.75, 3.05) is 13.2 Å². The number of aromatic nitrogens is 4. The van der Waals surface area contributed by atoms with E-state index in [-0.39, 0.29) is 6.42 Å². The van der Waals surface area contributed by atoms with Gasteiger partial charge in [-0.25, -0.2) is 9.97 Å². The van der Waals surface area contributed by atoms with Gasteiger partial charge in [-0.05, 0) is 122 Å². The van der Waals surface area contributed by atoms with Crippen molar-refractivity contribution in [1.29, 1.82) is 0 Å². The average molecular weight is 723 g/mol. The Labute approximate surface area is 312 Å². The van der Waals surface area contributed by atoms with E-state index in [0.717, 1.165) is 67.1 Å². The molecule has 2 aromatic carbocycles. The number of carboxylic acids is 2. The van der Waals surface area contributed by atoms with Crippen molar-refractivity contribution in [3.8, 4) is 33.8 Å². The van der Waals surface area contributed by atoms with E-state index < -0.39 is 17.4 Å². The lowest BCUT2D eigenvalue weighted by Crippen LogP contribution is -2.31. The second-order valence-corrected chi connectivity index (χ2v) is 13.5. The number of H-pyrrole nitrogens is 2. The van der Waals surface area contributed by atoms with Crippen molar-refractivity contribution < 1.29 is 29.3 Å². The lowest BCUT2D eigenvalue weighted by atomic mass is 9.79. The predicted octanol–water partition coefficient (Wildman–Crippen LogP) is 9.89. The van der Waals surface area contributed by atoms with Gasteiger partial charge in [-0.1, -0.05) is 38.1 Å². The molecule has 8 bridgehead atoms. The molecule has 0 aliphatic carbocycles. The summed E-state index contributed by atoms with van der Waals surface area (Å²) < 4.78 is 11.8. The van der Waals surface area contributed by atoms with Gasteiger partial charge in [0.2, 0.25) is 0 Å². The molecule has 0 radical (unpaired) electrons. The van der Waals surface area contributed by atoms with Gasteiger partial charge in [-0.15, -0.1) is 0 Å². The molecule has 2 aliphatic heterocycles. The van der Waals surface area contributed by atoms with Crippen LogP contribution in [0.4, 0.5) is 0 Å². The molecule has 2 aliphatic rings. The van der Waals surface area contributed by atoms with Gasteiger partial charge in [-0.2, -0.15) is 0 Å². The normalized spacial score (nSPS) is 12.2. The molecule has 0 spiro atoms. The number of ether oxygens (including phenoxy) is 2. The number of carboxylic acid groups (broad SMARTS) is 2. The van der Waals surface area contributed by atoms with Crippen molar-refractivity contribution in [1.82, 2.24) is 19.9 Å². The third-order valence-electron chi connectivity index (χ3n) is 10.1. The lowest BCUT2D eigenvalue weighted by molar-refractivity contribution is -0.150. The molecule has 0 saturated carbocycles. The largest absolute Gasteiger partial charge is 0.494 e. The van der Waals surface area contributed by atoms with Gasteiger partial charge in [0.25, 0.3) is 0 Å². The third kappa shape index (κ3) is 7.83. The highest BCUT2D eigenvalue weighted by atomic mass is 16.5. The summed E-state index contributed by atoms with van der Waals surface area (Å²) in [7, 11) is 0. The Morgan fingerprint density at radius 3 is 1.57 bits per heavy atom. The molecule has 10 nitrogen and oxygen atoms in total. The number of carbonyl (C=O) groups is 2. The standard InChI is InChI=1S/C44H42N4O6/c1-3-44(4-2,43(51)52)23-25-54-35-17-9-29(10-18-35)42-38-21-13-32(47-38)26-30-11-19-36(45-30)41(28-7-15-34(16-8-28)53-24-5-6-40(49)50)37-20-12-31(46-37)27-33-14-22-39(42)48-33/h7-22,26-27,45,48H,3-6,23-25H2,1-2H3,(H,49,50)(H,51,52). The fraction of sp³-hybridized carbons (Fsp3) is 0.227. The van der Waals surface area contributed by atoms with E-state index in [0.29, 0.717) is 50.4 Å². The first-order valence-electron chi connectivity index (χ1n) is 18.3. The van der Waals surface area contributed by atoms with Crippen molar-refractivity contribution in [3.63, 3.8) is 0 Å². The molecule has 0 atom stereocenters. The van der Waals surface area contributed by atoms with Gasteiger partial charge in [0.1, 0.15) is 11.5 Å². The molecule has 3 aromatic heterocycles. The van der Waals surface area contributed by atoms with Gasteiger partial charge < -0.3 is 29.7 Å². The van der Waals surface area contributed by atoms with E-state index in [1.807, 2.05) is 123 Å². The van der Waals surface area contributed by atoms with Crippen molar-refractivity contribution >= 4 is 58.3 Å². The summed E-state index contributed by atoms with van der Waals surface area (Å²) in [6.45, 7) is 4.48. The monoisotopic (exact) mass is 722 g/mol. The zero-order valence-electron chi connectivity index (χ0n) is 30.3. The Morgan fingerprint density at radius 1 is 0.648 bits per heavy atom. The van der Waals surface area contributed by atoms with Crippen LogP contribution in [0.2, 0.25) is 0 Å². The van der Waals surface area contributed by atoms with Crippen LogP contribution >= 0.6 is 0 Å². The lowest BCUT2D eigenvalue weighted by Gasteiger charge is -2.26. The maximum absolute atomic E-state index is 11.9. The SMILES string of the molecule is CCC(CC)(CCOc1ccc(-c2c3nc(cc4ccc([nH]4)c(-c4ccc(OCCCC(=O)O)cc4)c4nc(cc5ccc2[nH]5)C=C4)C=C3)cc1)C(=O)O. The molecule has 5 aromatic rings. The van der Waals surface area contributed by atoms with Gasteiger partial charge in [0.05, 0.1) is 41.4 Å². The minimum absolute atomic E-state index is 0.0670. The predicted molar refractivity (Wildman–Crippen MR) is 213 cm³/mol. The zero-order chi connectivity index (χ0) is 37.7. The van der Waals surface area contributed by atoms with Crippen LogP contribution in [0.3, 0.4) is 0 Å². The van der Waals surface area contributed by atoms with E-state index in [1.54, 1.807) is 0 Å². The molecule has 54 heavy (non-hydrogen) atoms. The fourth-order valence-electron chi connectivity index (χ4n) is 6.91. The topological polar surface area (TPSA) is 150 Å². The van der Waals surface area contributed by atoms with Gasteiger partial charge in [0, 0.05) is 39.6 Å². The van der Waals surface area contributed by atoms with Gasteiger partial charge in [0.15, 0.2) is 0 Å². The third-order valence-corrected chi connectivity index (χ3v) is 10.1. The summed E-state index contributed by atoms with van der Waals surface area (Å²) in [6.07, 6.45) is 10.1. The minimum Gasteiger partial charge on any atom is -0.494 e. The first kappa shape index (κ1) is 36.0. The van der Waals surface area contributed by atoms with E-state index in [1.165, 1.54) is 0 Å². The zero-order valence-corrected chi connectivity index (χ0v) is 30.3. The van der Waals surface area contributed by atoms with Crippen LogP contribution in [-0.4, -0.2) is 55.3 Å². The molecule has 5 heterocycles. The van der Waals surface area contributed by atoms with Gasteiger partial charge in [-0.3, -0.25) is 9.59 Å². The van der Waals surface area contributed by atoms with E-state index in [2.05, 4.69) is 9.97 Å². The van der Waals surface area contributed by atoms with E-state index in [9.17, 15) is 14.7 Å². The highest BCUT2D eigenvalue weighted by Crippen LogP contribution is 2.35. The molecule has 4 N–H and O–H groups in total. The van der Waals surface area contributed by atoms with Crippen LogP contribution < -0.4 is 9.47 Å². The highest BCUT2D eigenvalue weighted by molar-refractivity contribution is 5.93. The summed E-state index contributed by atoms with van der Waals surface area (Å²) in [6, 6.07) is 27.8. The maximum atomic E-state index is 11.9. The molecule has 7 rings (SSSR count). The quantitative estimate of drug-likeness (QED) is 0.0810. The summed E-state index contributed by atoms with van der Waals surface area (Å²) in [5.41, 5.74) is 9.79. The number of rotatable bonds is 14. The van der Waals surface area contributed by atoms with Crippen LogP contribution in [0, 0.1) is 5.41 Å². The fourth-order valence-corrected chi connectivity index (χ4v) is 6.91. The molecule has 0 unspecified atom stereocenters. The molecule has 10 heteroatoms. The number of aliphatic carboxylic acids is 2. The van der Waals surface area contributed by atoms with Crippen LogP contribution in [-0.2, 0) is 9.59 Å². The molecular formula is C44H42N4O6. The van der Waals surface area contributed by atoms with Crippen LogP contribution in [0.15, 0.2) is 84.9 Å². The Bertz CT molecular complexity index is 2400. The average Bonchev–Trinajstić information content (AvgIpc) is 4.01. The van der Waals surface area contributed by atoms with Crippen LogP contribution in [0.1, 0.15) is 68.7 Å². The number of nitrogens with zero attached hydrogens (tertiary/aromatic N) is 2. The van der Waals surface area contributed by atoms with Crippen LogP contribution in [0.5, 0.6) is 11.5 Å². The molecule has 274 valence electrons. The number of aromatic amines is 2. The molecular weight excluding hydrogens is 681 g/mol. The van der Waals surface area contributed by atoms with Gasteiger partial charge >= 0.3 is 11.9 Å². The Balaban J connectivity index is 1.25. The number of hydrogen-bond acceptors (Lipinski definition) is 6. The highest BCUT2D eigenvalue weighted by Gasteiger charge is 2.34. The number of nitrogens with one attached hydrogen (secondary N) is 2. The van der Waals surface area contributed by atoms with Crippen molar-refractivity contribution in [3.05, 3.63) is 108 Å². The van der Waals surface area contributed by atoms with E-state index >= 15 is 0 Å². The van der Waals surface area contributed by atoms with Crippen molar-refractivity contribution in [2.24, 2.45) is 5.41 Å². The second kappa shape index (κ2) is 15.7. The summed E-state index contributed by atoms with van der Waals surface area (Å²) in [5, 5.41) is 18.7. The van der Waals surface area contributed by atoms with E-state index in [4.69, 9.17) is 24.5 Å². The molecule has 0 amide bonds. The molecule has 0 saturated heterocycles.